The molecule has 1 aliphatic rings. The maximum atomic E-state index is 12.4. The van der Waals surface area contributed by atoms with Crippen molar-refractivity contribution in [3.05, 3.63) is 29.8 Å². The van der Waals surface area contributed by atoms with Gasteiger partial charge in [-0.2, -0.15) is 13.2 Å². The summed E-state index contributed by atoms with van der Waals surface area (Å²) in [5.41, 5.74) is 5.07. The van der Waals surface area contributed by atoms with E-state index in [9.17, 15) is 18.3 Å². The lowest BCUT2D eigenvalue weighted by Gasteiger charge is -2.27. The first-order chi connectivity index (χ1) is 11.4. The molecule has 2 rings (SSSR count). The van der Waals surface area contributed by atoms with Gasteiger partial charge in [0, 0.05) is 13.1 Å². The molecule has 0 spiro atoms. The molecule has 0 aliphatic carbocycles. The normalized spacial score (nSPS) is 17.7. The molecule has 0 radical (unpaired) electrons. The maximum absolute atomic E-state index is 12.4. The molecule has 24 heavy (non-hydrogen) atoms. The van der Waals surface area contributed by atoms with Gasteiger partial charge in [-0.25, -0.2) is 0 Å². The van der Waals surface area contributed by atoms with Gasteiger partial charge >= 0.3 is 6.18 Å². The van der Waals surface area contributed by atoms with Crippen LogP contribution in [0.4, 0.5) is 13.2 Å². The second-order valence-electron chi connectivity index (χ2n) is 5.29. The predicted molar refractivity (Wildman–Crippen MR) is 81.8 cm³/mol. The van der Waals surface area contributed by atoms with E-state index >= 15 is 0 Å². The molecule has 9 heteroatoms. The Kier molecular flexibility index (Phi) is 6.27. The highest BCUT2D eigenvalue weighted by Crippen LogP contribution is 2.30. The van der Waals surface area contributed by atoms with Crippen molar-refractivity contribution in [2.75, 3.05) is 39.5 Å². The van der Waals surface area contributed by atoms with Crippen LogP contribution in [-0.2, 0) is 10.9 Å². The van der Waals surface area contributed by atoms with Gasteiger partial charge in [-0.05, 0) is 24.3 Å². The Labute approximate surface area is 137 Å². The zero-order chi connectivity index (χ0) is 17.6. The topological polar surface area (TPSA) is 80.3 Å². The average molecular weight is 347 g/mol. The van der Waals surface area contributed by atoms with Gasteiger partial charge in [0.2, 0.25) is 0 Å². The number of hydrogen-bond acceptors (Lipinski definition) is 4. The van der Waals surface area contributed by atoms with Gasteiger partial charge < -0.3 is 25.2 Å². The molecule has 1 atom stereocenters. The second kappa shape index (κ2) is 8.20. The number of nitrogens with two attached hydrogens (primary N) is 1. The van der Waals surface area contributed by atoms with Crippen molar-refractivity contribution in [2.45, 2.75) is 12.3 Å². The van der Waals surface area contributed by atoms with Crippen LogP contribution in [0.1, 0.15) is 5.56 Å². The van der Waals surface area contributed by atoms with Gasteiger partial charge in [0.15, 0.2) is 5.96 Å². The van der Waals surface area contributed by atoms with Crippen molar-refractivity contribution < 1.29 is 27.8 Å². The number of hydrogen-bond donors (Lipinski definition) is 2. The highest BCUT2D eigenvalue weighted by atomic mass is 19.4. The lowest BCUT2D eigenvalue weighted by molar-refractivity contribution is -0.137. The number of alkyl halides is 3. The summed E-state index contributed by atoms with van der Waals surface area (Å²) >= 11 is 0. The summed E-state index contributed by atoms with van der Waals surface area (Å²) in [4.78, 5) is 5.95. The quantitative estimate of drug-likeness (QED) is 0.616. The van der Waals surface area contributed by atoms with Crippen molar-refractivity contribution in [3.63, 3.8) is 0 Å². The molecular weight excluding hydrogens is 327 g/mol. The summed E-state index contributed by atoms with van der Waals surface area (Å²) < 4.78 is 47.8. The second-order valence-corrected chi connectivity index (χ2v) is 5.29. The van der Waals surface area contributed by atoms with Crippen molar-refractivity contribution in [1.29, 1.82) is 0 Å². The van der Waals surface area contributed by atoms with Gasteiger partial charge in [-0.1, -0.05) is 0 Å². The number of nitrogens with zero attached hydrogens (tertiary/aromatic N) is 2. The Morgan fingerprint density at radius 3 is 2.50 bits per heavy atom. The van der Waals surface area contributed by atoms with Crippen LogP contribution in [0.15, 0.2) is 29.3 Å². The first kappa shape index (κ1) is 18.3. The third kappa shape index (κ3) is 5.57. The Morgan fingerprint density at radius 2 is 1.92 bits per heavy atom. The molecule has 0 bridgehead atoms. The average Bonchev–Trinajstić information content (AvgIpc) is 2.58. The molecule has 1 fully saturated rings. The van der Waals surface area contributed by atoms with Gasteiger partial charge in [0.05, 0.1) is 25.3 Å². The third-order valence-electron chi connectivity index (χ3n) is 3.42. The van der Waals surface area contributed by atoms with Crippen LogP contribution in [0.5, 0.6) is 5.75 Å². The Hall–Kier alpha value is -2.00. The van der Waals surface area contributed by atoms with E-state index in [0.717, 1.165) is 12.1 Å². The molecule has 1 aromatic carbocycles. The molecule has 0 aromatic heterocycles. The molecule has 134 valence electrons. The highest BCUT2D eigenvalue weighted by Gasteiger charge is 2.30. The van der Waals surface area contributed by atoms with E-state index in [0.29, 0.717) is 32.3 Å². The number of morpholine rings is 1. The number of benzene rings is 1. The molecule has 6 nitrogen and oxygen atoms in total. The highest BCUT2D eigenvalue weighted by molar-refractivity contribution is 5.78. The van der Waals surface area contributed by atoms with E-state index in [1.807, 2.05) is 4.90 Å². The molecule has 1 unspecified atom stereocenters. The van der Waals surface area contributed by atoms with E-state index in [4.69, 9.17) is 15.2 Å². The molecule has 1 heterocycles. The van der Waals surface area contributed by atoms with Gasteiger partial charge in [0.1, 0.15) is 18.5 Å². The van der Waals surface area contributed by atoms with Crippen LogP contribution < -0.4 is 10.5 Å². The van der Waals surface area contributed by atoms with Crippen LogP contribution in [0, 0.1) is 0 Å². The smallest absolute Gasteiger partial charge is 0.416 e. The molecule has 0 amide bonds. The number of ether oxygens (including phenoxy) is 2. The minimum Gasteiger partial charge on any atom is -0.491 e. The maximum Gasteiger partial charge on any atom is 0.416 e. The van der Waals surface area contributed by atoms with Crippen LogP contribution in [0.25, 0.3) is 0 Å². The van der Waals surface area contributed by atoms with Crippen molar-refractivity contribution >= 4 is 5.96 Å². The number of aliphatic hydroxyl groups is 1. The van der Waals surface area contributed by atoms with Crippen molar-refractivity contribution in [3.8, 4) is 5.75 Å². The molecule has 1 aromatic rings. The summed E-state index contributed by atoms with van der Waals surface area (Å²) in [6.07, 6.45) is -5.30. The molecule has 1 aliphatic heterocycles. The van der Waals surface area contributed by atoms with E-state index in [-0.39, 0.29) is 18.9 Å². The lowest BCUT2D eigenvalue weighted by atomic mass is 10.2. The number of rotatable bonds is 5. The zero-order valence-electron chi connectivity index (χ0n) is 13.0. The minimum atomic E-state index is -4.39. The van der Waals surface area contributed by atoms with E-state index in [2.05, 4.69) is 4.99 Å². The predicted octanol–water partition coefficient (Wildman–Crippen LogP) is 1.09. The first-order valence-electron chi connectivity index (χ1n) is 7.47. The summed E-state index contributed by atoms with van der Waals surface area (Å²) in [6.45, 7) is 2.40. The number of aliphatic hydroxyl groups excluding tert-OH is 1. The van der Waals surface area contributed by atoms with E-state index < -0.39 is 17.8 Å². The van der Waals surface area contributed by atoms with Crippen LogP contribution >= 0.6 is 0 Å². The van der Waals surface area contributed by atoms with E-state index in [1.54, 1.807) is 0 Å². The Bertz CT molecular complexity index is 543. The summed E-state index contributed by atoms with van der Waals surface area (Å²) in [5.74, 6) is 0.569. The Balaban J connectivity index is 1.77. The van der Waals surface area contributed by atoms with Gasteiger partial charge in [0.25, 0.3) is 0 Å². The van der Waals surface area contributed by atoms with Crippen molar-refractivity contribution in [2.24, 2.45) is 10.7 Å². The largest absolute Gasteiger partial charge is 0.491 e. The molecule has 1 saturated heterocycles. The SMILES string of the molecule is NC(=NCC(O)COc1ccc(C(F)(F)F)cc1)N1CCOCC1. The number of aliphatic imine (C=N–C) groups is 1. The monoisotopic (exact) mass is 347 g/mol. The number of halogens is 3. The van der Waals surface area contributed by atoms with Crippen molar-refractivity contribution in [1.82, 2.24) is 4.90 Å². The van der Waals surface area contributed by atoms with Crippen LogP contribution in [0.2, 0.25) is 0 Å². The first-order valence-corrected chi connectivity index (χ1v) is 7.47. The van der Waals surface area contributed by atoms with Gasteiger partial charge in [-0.15, -0.1) is 0 Å². The fourth-order valence-electron chi connectivity index (χ4n) is 2.08. The minimum absolute atomic E-state index is 0.0455. The van der Waals surface area contributed by atoms with E-state index in [1.165, 1.54) is 12.1 Å². The molecule has 0 saturated carbocycles. The standard InChI is InChI=1S/C15H20F3N3O3/c16-15(17,18)11-1-3-13(4-2-11)24-10-12(22)9-20-14(19)21-5-7-23-8-6-21/h1-4,12,22H,5-10H2,(H2,19,20). The van der Waals surface area contributed by atoms with Gasteiger partial charge in [-0.3, -0.25) is 4.99 Å². The lowest BCUT2D eigenvalue weighted by Crippen LogP contribution is -2.45. The summed E-state index contributed by atoms with van der Waals surface area (Å²) in [6, 6.07) is 4.27. The fraction of sp³-hybridized carbons (Fsp3) is 0.533. The Morgan fingerprint density at radius 1 is 1.29 bits per heavy atom. The third-order valence-corrected chi connectivity index (χ3v) is 3.42. The van der Waals surface area contributed by atoms with Crippen LogP contribution in [0.3, 0.4) is 0 Å². The summed E-state index contributed by atoms with van der Waals surface area (Å²) in [7, 11) is 0. The number of guanidine groups is 1. The molecule has 3 N–H and O–H groups in total. The molecular formula is C15H20F3N3O3. The zero-order valence-corrected chi connectivity index (χ0v) is 13.0. The fourth-order valence-corrected chi connectivity index (χ4v) is 2.08. The van der Waals surface area contributed by atoms with Crippen LogP contribution in [-0.4, -0.2) is 61.5 Å². The summed E-state index contributed by atoms with van der Waals surface area (Å²) in [5, 5.41) is 9.83.